The summed E-state index contributed by atoms with van der Waals surface area (Å²) in [4.78, 5) is 11.6. The van der Waals surface area contributed by atoms with Crippen LogP contribution < -0.4 is 5.73 Å². The van der Waals surface area contributed by atoms with Gasteiger partial charge in [-0.1, -0.05) is 43.2 Å². The molecule has 3 heteroatoms. The molecule has 0 aliphatic heterocycles. The Morgan fingerprint density at radius 2 is 2.06 bits per heavy atom. The van der Waals surface area contributed by atoms with Gasteiger partial charge in [-0.2, -0.15) is 0 Å². The van der Waals surface area contributed by atoms with E-state index in [2.05, 4.69) is 0 Å². The van der Waals surface area contributed by atoms with Crippen LogP contribution in [0.25, 0.3) is 0 Å². The van der Waals surface area contributed by atoms with Gasteiger partial charge in [-0.05, 0) is 18.4 Å². The number of nitrogens with two attached hydrogens (primary N) is 1. The summed E-state index contributed by atoms with van der Waals surface area (Å²) in [5.74, 6) is -0.687. The zero-order chi connectivity index (χ0) is 12.3. The lowest BCUT2D eigenvalue weighted by Crippen LogP contribution is -2.45. The van der Waals surface area contributed by atoms with Crippen LogP contribution in [0.15, 0.2) is 30.3 Å². The van der Waals surface area contributed by atoms with Crippen molar-refractivity contribution >= 4 is 5.97 Å². The van der Waals surface area contributed by atoms with Gasteiger partial charge >= 0.3 is 5.97 Å². The molecule has 1 aromatic carbocycles. The zero-order valence-corrected chi connectivity index (χ0v) is 9.93. The van der Waals surface area contributed by atoms with Crippen molar-refractivity contribution in [1.82, 2.24) is 0 Å². The smallest absolute Gasteiger partial charge is 0.311 e. The third-order valence-corrected chi connectivity index (χ3v) is 4.02. The molecule has 1 aromatic rings. The minimum atomic E-state index is -0.764. The first kappa shape index (κ1) is 12.1. The molecule has 17 heavy (non-hydrogen) atoms. The fraction of sp³-hybridized carbons (Fsp3) is 0.500. The van der Waals surface area contributed by atoms with Crippen LogP contribution in [0.1, 0.15) is 37.2 Å². The first-order valence-corrected chi connectivity index (χ1v) is 6.19. The van der Waals surface area contributed by atoms with Crippen LogP contribution in [-0.4, -0.2) is 17.6 Å². The third-order valence-electron chi connectivity index (χ3n) is 4.02. The molecule has 1 saturated carbocycles. The molecule has 0 amide bonds. The molecule has 92 valence electrons. The van der Waals surface area contributed by atoms with Crippen LogP contribution in [0.4, 0.5) is 0 Å². The van der Waals surface area contributed by atoms with Gasteiger partial charge in [-0.3, -0.25) is 4.79 Å². The lowest BCUT2D eigenvalue weighted by Gasteiger charge is -2.40. The number of rotatable bonds is 3. The summed E-state index contributed by atoms with van der Waals surface area (Å²) < 4.78 is 0. The minimum absolute atomic E-state index is 0.0555. The molecule has 3 N–H and O–H groups in total. The first-order valence-electron chi connectivity index (χ1n) is 6.19. The normalized spacial score (nSPS) is 28.9. The summed E-state index contributed by atoms with van der Waals surface area (Å²) in [5.41, 5.74) is 6.13. The molecule has 0 heterocycles. The van der Waals surface area contributed by atoms with E-state index in [9.17, 15) is 9.90 Å². The molecule has 0 saturated heterocycles. The van der Waals surface area contributed by atoms with Crippen molar-refractivity contribution in [3.8, 4) is 0 Å². The highest BCUT2D eigenvalue weighted by Gasteiger charge is 2.46. The number of hydrogen-bond acceptors (Lipinski definition) is 2. The van der Waals surface area contributed by atoms with E-state index < -0.39 is 11.4 Å². The highest BCUT2D eigenvalue weighted by Crippen LogP contribution is 2.46. The number of carboxylic acids is 1. The molecule has 1 aliphatic carbocycles. The molecule has 0 radical (unpaired) electrons. The Labute approximate surface area is 102 Å². The van der Waals surface area contributed by atoms with Crippen molar-refractivity contribution in [1.29, 1.82) is 0 Å². The molecular formula is C14H19NO2. The number of carboxylic acid groups (broad SMARTS) is 1. The Morgan fingerprint density at radius 1 is 1.35 bits per heavy atom. The lowest BCUT2D eigenvalue weighted by atomic mass is 9.63. The Bertz CT molecular complexity index is 390. The summed E-state index contributed by atoms with van der Waals surface area (Å²) in [5, 5.41) is 9.54. The maximum absolute atomic E-state index is 11.6. The number of hydrogen-bond donors (Lipinski definition) is 2. The highest BCUT2D eigenvalue weighted by atomic mass is 16.4. The lowest BCUT2D eigenvalue weighted by molar-refractivity contribution is -0.151. The average Bonchev–Trinajstić information content (AvgIpc) is 2.39. The van der Waals surface area contributed by atoms with Crippen molar-refractivity contribution in [2.45, 2.75) is 31.6 Å². The van der Waals surface area contributed by atoms with Crippen molar-refractivity contribution in [3.05, 3.63) is 35.9 Å². The molecule has 2 rings (SSSR count). The second-order valence-electron chi connectivity index (χ2n) is 4.87. The van der Waals surface area contributed by atoms with E-state index >= 15 is 0 Å². The van der Waals surface area contributed by atoms with Crippen LogP contribution >= 0.6 is 0 Å². The topological polar surface area (TPSA) is 63.3 Å². The van der Waals surface area contributed by atoms with Gasteiger partial charge in [0.05, 0.1) is 5.41 Å². The molecule has 2 atom stereocenters. The fourth-order valence-corrected chi connectivity index (χ4v) is 3.00. The third kappa shape index (κ3) is 2.07. The van der Waals surface area contributed by atoms with Gasteiger partial charge in [-0.15, -0.1) is 0 Å². The summed E-state index contributed by atoms with van der Waals surface area (Å²) in [7, 11) is 0. The van der Waals surface area contributed by atoms with E-state index in [1.807, 2.05) is 30.3 Å². The van der Waals surface area contributed by atoms with E-state index in [1.165, 1.54) is 0 Å². The van der Waals surface area contributed by atoms with E-state index in [4.69, 9.17) is 5.73 Å². The van der Waals surface area contributed by atoms with Gasteiger partial charge in [0.1, 0.15) is 0 Å². The Morgan fingerprint density at radius 3 is 2.65 bits per heavy atom. The summed E-state index contributed by atoms with van der Waals surface area (Å²) in [6.07, 6.45) is 3.67. The summed E-state index contributed by atoms with van der Waals surface area (Å²) in [6.45, 7) is 0.224. The van der Waals surface area contributed by atoms with Crippen molar-refractivity contribution in [2.24, 2.45) is 11.1 Å². The van der Waals surface area contributed by atoms with Gasteiger partial charge in [0, 0.05) is 12.5 Å². The largest absolute Gasteiger partial charge is 0.481 e. The SMILES string of the molecule is NC[C@@]1(C(=O)O)CCCC[C@H]1c1ccccc1. The van der Waals surface area contributed by atoms with Gasteiger partial charge < -0.3 is 10.8 Å². The molecule has 0 spiro atoms. The Hall–Kier alpha value is -1.35. The molecule has 0 bridgehead atoms. The Balaban J connectivity index is 2.38. The maximum Gasteiger partial charge on any atom is 0.311 e. The summed E-state index contributed by atoms with van der Waals surface area (Å²) in [6, 6.07) is 9.92. The van der Waals surface area contributed by atoms with Crippen molar-refractivity contribution < 1.29 is 9.90 Å². The van der Waals surface area contributed by atoms with Gasteiger partial charge in [-0.25, -0.2) is 0 Å². The Kier molecular flexibility index (Phi) is 3.48. The maximum atomic E-state index is 11.6. The van der Waals surface area contributed by atoms with E-state index in [-0.39, 0.29) is 12.5 Å². The summed E-state index contributed by atoms with van der Waals surface area (Å²) >= 11 is 0. The molecule has 1 fully saturated rings. The molecular weight excluding hydrogens is 214 g/mol. The van der Waals surface area contributed by atoms with E-state index in [0.29, 0.717) is 6.42 Å². The van der Waals surface area contributed by atoms with Crippen molar-refractivity contribution in [3.63, 3.8) is 0 Å². The number of aliphatic carboxylic acids is 1. The number of carbonyl (C=O) groups is 1. The average molecular weight is 233 g/mol. The predicted octanol–water partition coefficient (Wildman–Crippen LogP) is 2.37. The molecule has 1 aliphatic rings. The molecule has 0 unspecified atom stereocenters. The zero-order valence-electron chi connectivity index (χ0n) is 9.93. The molecule has 0 aromatic heterocycles. The minimum Gasteiger partial charge on any atom is -0.481 e. The van der Waals surface area contributed by atoms with Crippen LogP contribution in [0.3, 0.4) is 0 Å². The second kappa shape index (κ2) is 4.88. The second-order valence-corrected chi connectivity index (χ2v) is 4.87. The van der Waals surface area contributed by atoms with Gasteiger partial charge in [0.15, 0.2) is 0 Å². The molecule has 3 nitrogen and oxygen atoms in total. The standard InChI is InChI=1S/C14H19NO2/c15-10-14(13(16)17)9-5-4-8-12(14)11-6-2-1-3-7-11/h1-3,6-7,12H,4-5,8-10,15H2,(H,16,17)/t12-,14-/m0/s1. The quantitative estimate of drug-likeness (QED) is 0.842. The van der Waals surface area contributed by atoms with Gasteiger partial charge in [0.2, 0.25) is 0 Å². The van der Waals surface area contributed by atoms with Crippen LogP contribution in [0, 0.1) is 5.41 Å². The monoisotopic (exact) mass is 233 g/mol. The van der Waals surface area contributed by atoms with Crippen molar-refractivity contribution in [2.75, 3.05) is 6.54 Å². The van der Waals surface area contributed by atoms with E-state index in [0.717, 1.165) is 24.8 Å². The fourth-order valence-electron chi connectivity index (χ4n) is 3.00. The van der Waals surface area contributed by atoms with Crippen LogP contribution in [0.2, 0.25) is 0 Å². The van der Waals surface area contributed by atoms with Crippen LogP contribution in [-0.2, 0) is 4.79 Å². The number of benzene rings is 1. The first-order chi connectivity index (χ1) is 8.20. The highest BCUT2D eigenvalue weighted by molar-refractivity contribution is 5.76. The predicted molar refractivity (Wildman–Crippen MR) is 66.8 cm³/mol. The van der Waals surface area contributed by atoms with E-state index in [1.54, 1.807) is 0 Å². The van der Waals surface area contributed by atoms with Crippen LogP contribution in [0.5, 0.6) is 0 Å². The van der Waals surface area contributed by atoms with Gasteiger partial charge in [0.25, 0.3) is 0 Å².